The van der Waals surface area contributed by atoms with Gasteiger partial charge in [-0.1, -0.05) is 28.1 Å². The molecule has 0 unspecified atom stereocenters. The molecule has 0 saturated carbocycles. The van der Waals surface area contributed by atoms with E-state index in [-0.39, 0.29) is 12.0 Å². The maximum Gasteiger partial charge on any atom is 0.325 e. The highest BCUT2D eigenvalue weighted by molar-refractivity contribution is 9.10. The van der Waals surface area contributed by atoms with Crippen LogP contribution < -0.4 is 10.6 Å². The fourth-order valence-corrected chi connectivity index (χ4v) is 1.55. The number of urea groups is 1. The van der Waals surface area contributed by atoms with Gasteiger partial charge in [0.1, 0.15) is 0 Å². The van der Waals surface area contributed by atoms with E-state index in [2.05, 4.69) is 36.5 Å². The number of carbonyl (C=O) groups is 1. The van der Waals surface area contributed by atoms with Gasteiger partial charge in [-0.05, 0) is 29.8 Å². The number of halogens is 1. The smallest absolute Gasteiger partial charge is 0.314 e. The quantitative estimate of drug-likeness (QED) is 0.914. The van der Waals surface area contributed by atoms with E-state index in [1.165, 1.54) is 0 Å². The number of amides is 2. The maximum absolute atomic E-state index is 11.5. The number of benzene rings is 1. The van der Waals surface area contributed by atoms with Crippen LogP contribution in [-0.4, -0.2) is 16.0 Å². The van der Waals surface area contributed by atoms with Crippen molar-refractivity contribution in [2.24, 2.45) is 0 Å². The molecular formula is C13H11BrN4O. The van der Waals surface area contributed by atoms with Gasteiger partial charge in [0.2, 0.25) is 5.95 Å². The average Bonchev–Trinajstić information content (AvgIpc) is 2.42. The molecule has 2 rings (SSSR count). The molecule has 0 atom stereocenters. The maximum atomic E-state index is 11.5. The lowest BCUT2D eigenvalue weighted by atomic mass is 10.2. The summed E-state index contributed by atoms with van der Waals surface area (Å²) in [4.78, 5) is 19.3. The Bertz CT molecular complexity index is 569. The summed E-state index contributed by atoms with van der Waals surface area (Å²) in [6, 6.07) is 9.01. The first-order valence-electron chi connectivity index (χ1n) is 5.51. The molecule has 0 aliphatic carbocycles. The van der Waals surface area contributed by atoms with Crippen molar-refractivity contribution in [3.05, 3.63) is 59.0 Å². The van der Waals surface area contributed by atoms with E-state index < -0.39 is 0 Å². The van der Waals surface area contributed by atoms with E-state index in [1.54, 1.807) is 30.7 Å². The van der Waals surface area contributed by atoms with E-state index in [1.807, 2.05) is 24.3 Å². The zero-order chi connectivity index (χ0) is 13.5. The number of hydrogen-bond donors (Lipinski definition) is 2. The molecule has 0 radical (unpaired) electrons. The van der Waals surface area contributed by atoms with Crippen LogP contribution in [0.25, 0.3) is 6.08 Å². The minimum atomic E-state index is -0.389. The van der Waals surface area contributed by atoms with Gasteiger partial charge < -0.3 is 5.32 Å². The molecule has 2 N–H and O–H groups in total. The highest BCUT2D eigenvalue weighted by Crippen LogP contribution is 2.11. The summed E-state index contributed by atoms with van der Waals surface area (Å²) in [7, 11) is 0. The average molecular weight is 319 g/mol. The van der Waals surface area contributed by atoms with Crippen LogP contribution in [0.4, 0.5) is 10.7 Å². The lowest BCUT2D eigenvalue weighted by molar-refractivity contribution is 0.255. The number of nitrogens with one attached hydrogen (secondary N) is 2. The first kappa shape index (κ1) is 13.2. The van der Waals surface area contributed by atoms with Gasteiger partial charge >= 0.3 is 6.03 Å². The molecule has 1 aromatic carbocycles. The Morgan fingerprint density at radius 2 is 1.84 bits per heavy atom. The van der Waals surface area contributed by atoms with Gasteiger partial charge in [-0.15, -0.1) is 0 Å². The van der Waals surface area contributed by atoms with Crippen molar-refractivity contribution in [1.82, 2.24) is 15.3 Å². The highest BCUT2D eigenvalue weighted by Gasteiger charge is 1.99. The highest BCUT2D eigenvalue weighted by atomic mass is 79.9. The Morgan fingerprint density at radius 3 is 2.53 bits per heavy atom. The molecule has 0 spiro atoms. The van der Waals surface area contributed by atoms with Crippen molar-refractivity contribution in [2.45, 2.75) is 0 Å². The van der Waals surface area contributed by atoms with Gasteiger partial charge in [0.05, 0.1) is 0 Å². The number of nitrogens with zero attached hydrogens (tertiary/aromatic N) is 2. The predicted octanol–water partition coefficient (Wildman–Crippen LogP) is 3.03. The third-order valence-electron chi connectivity index (χ3n) is 2.15. The van der Waals surface area contributed by atoms with Crippen LogP contribution in [0.3, 0.4) is 0 Å². The molecule has 0 aliphatic heterocycles. The fourth-order valence-electron chi connectivity index (χ4n) is 1.29. The normalized spacial score (nSPS) is 10.4. The van der Waals surface area contributed by atoms with Crippen LogP contribution in [0.2, 0.25) is 0 Å². The lowest BCUT2D eigenvalue weighted by Gasteiger charge is -2.01. The summed E-state index contributed by atoms with van der Waals surface area (Å²) in [5, 5.41) is 5.08. The monoisotopic (exact) mass is 318 g/mol. The molecule has 5 nitrogen and oxygen atoms in total. The number of hydrogen-bond acceptors (Lipinski definition) is 3. The molecule has 6 heteroatoms. The second kappa shape index (κ2) is 6.65. The summed E-state index contributed by atoms with van der Waals surface area (Å²) < 4.78 is 1.01. The third kappa shape index (κ3) is 4.51. The minimum absolute atomic E-state index is 0.261. The first-order valence-corrected chi connectivity index (χ1v) is 6.30. The summed E-state index contributed by atoms with van der Waals surface area (Å²) in [6.45, 7) is 0. The summed E-state index contributed by atoms with van der Waals surface area (Å²) in [5.74, 6) is 0.261. The Morgan fingerprint density at radius 1 is 1.16 bits per heavy atom. The van der Waals surface area contributed by atoms with E-state index in [0.717, 1.165) is 10.0 Å². The number of anilines is 1. The Kier molecular flexibility index (Phi) is 4.63. The molecular weight excluding hydrogens is 308 g/mol. The predicted molar refractivity (Wildman–Crippen MR) is 77.4 cm³/mol. The van der Waals surface area contributed by atoms with Crippen molar-refractivity contribution < 1.29 is 4.79 Å². The van der Waals surface area contributed by atoms with Gasteiger partial charge in [-0.2, -0.15) is 0 Å². The topological polar surface area (TPSA) is 66.9 Å². The third-order valence-corrected chi connectivity index (χ3v) is 2.68. The largest absolute Gasteiger partial charge is 0.325 e. The Balaban J connectivity index is 1.85. The molecule has 1 heterocycles. The summed E-state index contributed by atoms with van der Waals surface area (Å²) in [6.07, 6.45) is 6.46. The number of carbonyl (C=O) groups excluding carboxylic acids is 1. The molecule has 1 aromatic heterocycles. The van der Waals surface area contributed by atoms with Gasteiger partial charge in [-0.3, -0.25) is 5.32 Å². The first-order chi connectivity index (χ1) is 9.24. The van der Waals surface area contributed by atoms with E-state index in [9.17, 15) is 4.79 Å². The van der Waals surface area contributed by atoms with Crippen molar-refractivity contribution in [1.29, 1.82) is 0 Å². The zero-order valence-electron chi connectivity index (χ0n) is 9.88. The van der Waals surface area contributed by atoms with E-state index >= 15 is 0 Å². The molecule has 96 valence electrons. The van der Waals surface area contributed by atoms with Gasteiger partial charge in [0.25, 0.3) is 0 Å². The minimum Gasteiger partial charge on any atom is -0.314 e. The molecule has 0 fully saturated rings. The van der Waals surface area contributed by atoms with Gasteiger partial charge in [0.15, 0.2) is 0 Å². The van der Waals surface area contributed by atoms with Crippen LogP contribution in [0.5, 0.6) is 0 Å². The van der Waals surface area contributed by atoms with E-state index in [4.69, 9.17) is 0 Å². The Hall–Kier alpha value is -2.21. The second-order valence-corrected chi connectivity index (χ2v) is 4.47. The molecule has 0 saturated heterocycles. The SMILES string of the molecule is O=C(N/C=C/c1ccc(Br)cc1)Nc1ncccn1. The molecule has 19 heavy (non-hydrogen) atoms. The van der Waals surface area contributed by atoms with Crippen LogP contribution in [0, 0.1) is 0 Å². The van der Waals surface area contributed by atoms with Crippen LogP contribution in [0.15, 0.2) is 53.4 Å². The van der Waals surface area contributed by atoms with Crippen molar-refractivity contribution in [3.8, 4) is 0 Å². The summed E-state index contributed by atoms with van der Waals surface area (Å²) in [5.41, 5.74) is 0.986. The molecule has 0 bridgehead atoms. The molecule has 0 aliphatic rings. The van der Waals surface area contributed by atoms with Crippen LogP contribution in [-0.2, 0) is 0 Å². The fraction of sp³-hybridized carbons (Fsp3) is 0. The van der Waals surface area contributed by atoms with Crippen LogP contribution >= 0.6 is 15.9 Å². The second-order valence-electron chi connectivity index (χ2n) is 3.56. The van der Waals surface area contributed by atoms with Gasteiger partial charge in [-0.25, -0.2) is 14.8 Å². The molecule has 2 aromatic rings. The molecule has 2 amide bonds. The zero-order valence-corrected chi connectivity index (χ0v) is 11.5. The van der Waals surface area contributed by atoms with Crippen molar-refractivity contribution in [2.75, 3.05) is 5.32 Å². The number of aromatic nitrogens is 2. The Labute approximate surface area is 118 Å². The van der Waals surface area contributed by atoms with Crippen molar-refractivity contribution >= 4 is 34.0 Å². The number of rotatable bonds is 3. The van der Waals surface area contributed by atoms with Crippen molar-refractivity contribution in [3.63, 3.8) is 0 Å². The van der Waals surface area contributed by atoms with Gasteiger partial charge in [0, 0.05) is 23.1 Å². The van der Waals surface area contributed by atoms with Crippen LogP contribution in [0.1, 0.15) is 5.56 Å². The lowest BCUT2D eigenvalue weighted by Crippen LogP contribution is -2.24. The van der Waals surface area contributed by atoms with E-state index in [0.29, 0.717) is 0 Å². The summed E-state index contributed by atoms with van der Waals surface area (Å²) >= 11 is 3.36. The standard InChI is InChI=1S/C13H11BrN4O/c14-11-4-2-10(3-5-11)6-9-17-13(19)18-12-15-7-1-8-16-12/h1-9H,(H2,15,16,17,18,19)/b9-6+.